The van der Waals surface area contributed by atoms with Crippen LogP contribution in [0.3, 0.4) is 0 Å². The number of hydrogen-bond donors (Lipinski definition) is 7. The first-order valence-electron chi connectivity index (χ1n) is 22.9. The molecule has 0 aliphatic carbocycles. The smallest absolute Gasteiger partial charge is 0.311 e. The van der Waals surface area contributed by atoms with Crippen LogP contribution in [0.15, 0.2) is 5.16 Å². The van der Waals surface area contributed by atoms with Gasteiger partial charge in [0.25, 0.3) is 0 Å². The van der Waals surface area contributed by atoms with Gasteiger partial charge in [-0.2, -0.15) is 0 Å². The molecule has 0 aromatic carbocycles. The number of likely N-dealkylation sites (N-methyl/N-ethyl adjacent to an activating group) is 1. The maximum atomic E-state index is 14.5. The summed E-state index contributed by atoms with van der Waals surface area (Å²) in [4.78, 5) is 22.4. The van der Waals surface area contributed by atoms with Gasteiger partial charge in [0, 0.05) is 50.4 Å². The topological polar surface area (TPSA) is 257 Å². The Balaban J connectivity index is 1.90. The third-order valence-electron chi connectivity index (χ3n) is 14.6. The van der Waals surface area contributed by atoms with Crippen LogP contribution in [0.5, 0.6) is 0 Å². The van der Waals surface area contributed by atoms with Gasteiger partial charge in [0.15, 0.2) is 18.9 Å². The van der Waals surface area contributed by atoms with Crippen molar-refractivity contribution in [3.63, 3.8) is 0 Å². The highest BCUT2D eigenvalue weighted by Crippen LogP contribution is 2.41. The van der Waals surface area contributed by atoms with Crippen LogP contribution in [0.2, 0.25) is 0 Å². The van der Waals surface area contributed by atoms with E-state index in [1.54, 1.807) is 62.3 Å². The number of carbonyl (C=O) groups excluding carboxylic acids is 1. The molecule has 4 aliphatic rings. The molecule has 0 aromatic heterocycles. The molecule has 0 saturated carbocycles. The number of carbonyl (C=O) groups is 1. The molecule has 0 spiro atoms. The van der Waals surface area contributed by atoms with Crippen molar-refractivity contribution >= 4 is 11.7 Å². The summed E-state index contributed by atoms with van der Waals surface area (Å²) < 4.78 is 49.2. The molecule has 4 rings (SSSR count). The predicted octanol–water partition coefficient (Wildman–Crippen LogP) is 1.32. The van der Waals surface area contributed by atoms with Crippen molar-refractivity contribution in [2.75, 3.05) is 34.9 Å². The number of oxime groups is 1. The minimum atomic E-state index is -2.07. The SMILES string of the molecule is CC[C@H]1OC(=O)[C@H](C)[C@@H](O[C@@H]2C[C@](C)(OC)[C@H](O)[C@@H](C)O2)[C@H](C)[C@@H](O[C@H]2O[C@@H](C)C[C@@H](N(C)C)[C@@H]2O)[C@](C)(O)C[C@@H](C)/C(=N\O[C@H]2[C@H](OC)O[C@H](CO)[C@@H](C)[C@@H]2O)[C@H](C)[C@@H](O)[C@]1(C)O. The second kappa shape index (κ2) is 22.2. The zero-order chi connectivity index (χ0) is 48.4. The third-order valence-corrected chi connectivity index (χ3v) is 14.6. The van der Waals surface area contributed by atoms with Gasteiger partial charge in [0.1, 0.15) is 30.0 Å². The molecule has 374 valence electrons. The lowest BCUT2D eigenvalue weighted by atomic mass is 9.73. The molecule has 23 atom stereocenters. The predicted molar refractivity (Wildman–Crippen MR) is 231 cm³/mol. The monoisotopic (exact) mass is 923 g/mol. The Morgan fingerprint density at radius 2 is 1.45 bits per heavy atom. The van der Waals surface area contributed by atoms with Crippen LogP contribution in [0.1, 0.15) is 102 Å². The maximum absolute atomic E-state index is 14.5. The average Bonchev–Trinajstić information content (AvgIpc) is 3.23. The molecule has 19 heteroatoms. The summed E-state index contributed by atoms with van der Waals surface area (Å²) in [7, 11) is 6.52. The summed E-state index contributed by atoms with van der Waals surface area (Å²) in [5.74, 6) is -5.18. The van der Waals surface area contributed by atoms with E-state index >= 15 is 0 Å². The molecule has 4 heterocycles. The second-order valence-corrected chi connectivity index (χ2v) is 20.0. The number of aliphatic hydroxyl groups excluding tert-OH is 5. The van der Waals surface area contributed by atoms with E-state index in [2.05, 4.69) is 5.16 Å². The Morgan fingerprint density at radius 1 is 0.812 bits per heavy atom. The molecule has 64 heavy (non-hydrogen) atoms. The molecule has 0 aromatic rings. The number of methoxy groups -OCH3 is 2. The molecule has 0 amide bonds. The Bertz CT molecular complexity index is 1520. The minimum Gasteiger partial charge on any atom is -0.459 e. The van der Waals surface area contributed by atoms with Crippen molar-refractivity contribution in [2.45, 2.75) is 211 Å². The fourth-order valence-electron chi connectivity index (χ4n) is 10.3. The second-order valence-electron chi connectivity index (χ2n) is 20.0. The van der Waals surface area contributed by atoms with Gasteiger partial charge in [-0.25, -0.2) is 0 Å². The first-order valence-corrected chi connectivity index (χ1v) is 22.9. The van der Waals surface area contributed by atoms with Crippen LogP contribution in [-0.4, -0.2) is 196 Å². The van der Waals surface area contributed by atoms with Crippen LogP contribution in [0.4, 0.5) is 0 Å². The normalized spacial score (nSPS) is 49.9. The van der Waals surface area contributed by atoms with Gasteiger partial charge in [0.05, 0.1) is 66.1 Å². The van der Waals surface area contributed by atoms with E-state index in [1.807, 2.05) is 25.9 Å². The summed E-state index contributed by atoms with van der Waals surface area (Å²) in [5.41, 5.74) is -4.87. The molecule has 19 nitrogen and oxygen atoms in total. The zero-order valence-corrected chi connectivity index (χ0v) is 40.7. The molecular weight excluding hydrogens is 840 g/mol. The van der Waals surface area contributed by atoms with Gasteiger partial charge < -0.3 is 83.4 Å². The van der Waals surface area contributed by atoms with Crippen LogP contribution in [0, 0.1) is 29.6 Å². The lowest BCUT2D eigenvalue weighted by molar-refractivity contribution is -0.317. The van der Waals surface area contributed by atoms with Crippen LogP contribution in [0.25, 0.3) is 0 Å². The van der Waals surface area contributed by atoms with Crippen molar-refractivity contribution < 1.29 is 83.3 Å². The summed E-state index contributed by atoms with van der Waals surface area (Å²) in [6.45, 7) is 17.9. The number of hydrogen-bond acceptors (Lipinski definition) is 19. The van der Waals surface area contributed by atoms with Crippen molar-refractivity contribution in [1.82, 2.24) is 4.90 Å². The van der Waals surface area contributed by atoms with E-state index in [9.17, 15) is 40.5 Å². The number of esters is 1. The highest BCUT2D eigenvalue weighted by Gasteiger charge is 2.54. The minimum absolute atomic E-state index is 0.0612. The standard InChI is InChI=1S/C45H82N2O17/c1-16-30-45(11,55)37(51)24(5)32(46-64-36-33(49)23(4)29(20-48)60-42(36)56-14)21(2)18-43(9,54)39(63-41-34(50)28(47(12)13)17-22(3)58-41)25(6)35(26(7)40(53)61-30)62-31-19-44(10,57-15)38(52)27(8)59-31/h21-31,33-39,41-42,48-52,54-55H,16-20H2,1-15H3/b46-32+/t21-,22+,23-,24+,25+,26-,27-,28-,29-,30-,31-,33+,34+,35+,36-,37-,38-,39-,41-,42-,43-,44+,45-/m1/s1. The Hall–Kier alpha value is -1.66. The highest BCUT2D eigenvalue weighted by molar-refractivity contribution is 5.88. The van der Waals surface area contributed by atoms with Crippen LogP contribution in [-0.2, 0) is 47.5 Å². The van der Waals surface area contributed by atoms with Crippen molar-refractivity contribution in [3.05, 3.63) is 0 Å². The molecule has 7 N–H and O–H groups in total. The number of nitrogens with zero attached hydrogens (tertiary/aromatic N) is 2. The number of ether oxygens (including phenoxy) is 8. The zero-order valence-electron chi connectivity index (χ0n) is 40.7. The summed E-state index contributed by atoms with van der Waals surface area (Å²) in [6, 6.07) is -0.370. The summed E-state index contributed by atoms with van der Waals surface area (Å²) >= 11 is 0. The number of rotatable bonds is 11. The number of aliphatic hydroxyl groups is 7. The van der Waals surface area contributed by atoms with E-state index < -0.39 is 132 Å². The van der Waals surface area contributed by atoms with Gasteiger partial charge in [-0.3, -0.25) is 4.79 Å². The fraction of sp³-hybridized carbons (Fsp3) is 0.956. The largest absolute Gasteiger partial charge is 0.459 e. The lowest BCUT2D eigenvalue weighted by Gasteiger charge is -2.49. The van der Waals surface area contributed by atoms with Gasteiger partial charge >= 0.3 is 5.97 Å². The summed E-state index contributed by atoms with van der Waals surface area (Å²) in [6.07, 6.45) is -14.6. The first kappa shape index (κ1) is 54.9. The van der Waals surface area contributed by atoms with Crippen molar-refractivity contribution in [1.29, 1.82) is 0 Å². The molecule has 0 unspecified atom stereocenters. The van der Waals surface area contributed by atoms with Crippen molar-refractivity contribution in [2.24, 2.45) is 34.7 Å². The quantitative estimate of drug-likeness (QED) is 0.114. The van der Waals surface area contributed by atoms with E-state index in [0.717, 1.165) is 0 Å². The fourth-order valence-corrected chi connectivity index (χ4v) is 10.3. The van der Waals surface area contributed by atoms with Gasteiger partial charge in [-0.15, -0.1) is 0 Å². The molecule has 4 saturated heterocycles. The van der Waals surface area contributed by atoms with Gasteiger partial charge in [0.2, 0.25) is 6.10 Å². The Labute approximate surface area is 379 Å². The van der Waals surface area contributed by atoms with Crippen LogP contribution < -0.4 is 0 Å². The van der Waals surface area contributed by atoms with E-state index in [1.165, 1.54) is 21.1 Å². The van der Waals surface area contributed by atoms with Gasteiger partial charge in [-0.05, 0) is 74.9 Å². The molecule has 0 radical (unpaired) electrons. The lowest BCUT2D eigenvalue weighted by Crippen LogP contribution is -2.61. The first-order chi connectivity index (χ1) is 29.7. The van der Waals surface area contributed by atoms with Gasteiger partial charge in [-0.1, -0.05) is 39.8 Å². The molecule has 4 aliphatic heterocycles. The molecular formula is C45H82N2O17. The highest BCUT2D eigenvalue weighted by atomic mass is 16.7. The van der Waals surface area contributed by atoms with E-state index in [-0.39, 0.29) is 43.7 Å². The Kier molecular flexibility index (Phi) is 19.0. The molecule has 4 fully saturated rings. The summed E-state index contributed by atoms with van der Waals surface area (Å²) in [5, 5.41) is 85.7. The van der Waals surface area contributed by atoms with E-state index in [4.69, 9.17) is 42.7 Å². The van der Waals surface area contributed by atoms with E-state index in [0.29, 0.717) is 6.42 Å². The Morgan fingerprint density at radius 3 is 2.02 bits per heavy atom. The van der Waals surface area contributed by atoms with Crippen molar-refractivity contribution in [3.8, 4) is 0 Å². The van der Waals surface area contributed by atoms with Crippen LogP contribution >= 0.6 is 0 Å². The third kappa shape index (κ3) is 11.8. The number of cyclic esters (lactones) is 1. The average molecular weight is 923 g/mol. The molecule has 0 bridgehead atoms. The maximum Gasteiger partial charge on any atom is 0.311 e.